The normalized spacial score (nSPS) is 18.3. The predicted octanol–water partition coefficient (Wildman–Crippen LogP) is 5.25. The van der Waals surface area contributed by atoms with Gasteiger partial charge in [0, 0.05) is 37.8 Å². The maximum absolute atomic E-state index is 16.4. The Morgan fingerprint density at radius 3 is 2.52 bits per heavy atom. The highest BCUT2D eigenvalue weighted by molar-refractivity contribution is 6.33. The van der Waals surface area contributed by atoms with E-state index in [1.165, 1.54) is 15.8 Å². The maximum atomic E-state index is 16.4. The smallest absolute Gasteiger partial charge is 0.417 e. The van der Waals surface area contributed by atoms with Gasteiger partial charge in [-0.25, -0.2) is 14.1 Å². The van der Waals surface area contributed by atoms with Gasteiger partial charge in [-0.3, -0.25) is 19.4 Å². The van der Waals surface area contributed by atoms with Gasteiger partial charge in [0.05, 0.1) is 45.6 Å². The number of aliphatic hydroxyl groups is 1. The number of hydrogen-bond acceptors (Lipinski definition) is 9. The first-order valence-electron chi connectivity index (χ1n) is 16.4. The highest BCUT2D eigenvalue weighted by atomic mass is 35.5. The Balaban J connectivity index is 1.33. The number of aromatic nitrogens is 4. The van der Waals surface area contributed by atoms with Crippen LogP contribution in [0.25, 0.3) is 22.3 Å². The molecule has 0 unspecified atom stereocenters. The lowest BCUT2D eigenvalue weighted by Gasteiger charge is -2.25. The van der Waals surface area contributed by atoms with Crippen LogP contribution in [0.5, 0.6) is 0 Å². The molecule has 0 saturated carbocycles. The lowest BCUT2D eigenvalue weighted by atomic mass is 10.1. The van der Waals surface area contributed by atoms with Gasteiger partial charge in [-0.2, -0.15) is 18.3 Å². The summed E-state index contributed by atoms with van der Waals surface area (Å²) in [6.45, 7) is 7.19. The van der Waals surface area contributed by atoms with Crippen molar-refractivity contribution in [2.24, 2.45) is 5.73 Å². The molecule has 12 nitrogen and oxygen atoms in total. The third-order valence-corrected chi connectivity index (χ3v) is 9.23. The number of β-amino-alcohol motifs (C(OH)–C–C–N with tert-alkyl or cyclic N) is 1. The molecule has 2 atom stereocenters. The molecular formula is C35H36ClF4N7O5. The lowest BCUT2D eigenvalue weighted by molar-refractivity contribution is -0.155. The third kappa shape index (κ3) is 7.39. The molecule has 6 rings (SSSR count). The van der Waals surface area contributed by atoms with Gasteiger partial charge >= 0.3 is 12.1 Å². The topological polar surface area (TPSA) is 157 Å². The first kappa shape index (κ1) is 36.9. The third-order valence-electron chi connectivity index (χ3n) is 8.95. The number of ether oxygens (including phenoxy) is 1. The Bertz CT molecular complexity index is 2100. The zero-order valence-electron chi connectivity index (χ0n) is 28.7. The molecule has 52 heavy (non-hydrogen) atoms. The number of carbonyl (C=O) groups excluding carboxylic acids is 3. The molecule has 17 heteroatoms. The second-order valence-electron chi connectivity index (χ2n) is 14.4. The SMILES string of the molecule is CC(C)(C)OC(=O)CC[C@@H](C(N)=O)N1Cc2cc(Cn3ncc4c(-c5ncc(C(F)(F)F)cc5Cl)c(F)c(N5CC[C@](C)(O)C5)nc43)ccc2C1=O. The summed E-state index contributed by atoms with van der Waals surface area (Å²) in [4.78, 5) is 49.5. The fourth-order valence-corrected chi connectivity index (χ4v) is 6.79. The Morgan fingerprint density at radius 2 is 1.90 bits per heavy atom. The van der Waals surface area contributed by atoms with Crippen LogP contribution in [0, 0.1) is 5.82 Å². The summed E-state index contributed by atoms with van der Waals surface area (Å²) in [5, 5.41) is 14.8. The summed E-state index contributed by atoms with van der Waals surface area (Å²) < 4.78 is 63.5. The molecule has 0 bridgehead atoms. The largest absolute Gasteiger partial charge is 0.460 e. The molecule has 3 N–H and O–H groups in total. The molecule has 1 fully saturated rings. The van der Waals surface area contributed by atoms with Crippen LogP contribution < -0.4 is 10.6 Å². The van der Waals surface area contributed by atoms with Crippen LogP contribution in [0.2, 0.25) is 5.02 Å². The molecule has 0 radical (unpaired) electrons. The fraction of sp³-hybridized carbons (Fsp3) is 0.429. The van der Waals surface area contributed by atoms with Crippen molar-refractivity contribution >= 4 is 46.2 Å². The summed E-state index contributed by atoms with van der Waals surface area (Å²) in [5.41, 5.74) is 4.06. The molecule has 2 aliphatic rings. The van der Waals surface area contributed by atoms with Crippen molar-refractivity contribution in [2.75, 3.05) is 18.0 Å². The van der Waals surface area contributed by atoms with E-state index in [4.69, 9.17) is 22.1 Å². The van der Waals surface area contributed by atoms with Gasteiger partial charge in [0.1, 0.15) is 11.6 Å². The molecule has 0 aliphatic carbocycles. The van der Waals surface area contributed by atoms with Gasteiger partial charge in [0.2, 0.25) is 5.91 Å². The van der Waals surface area contributed by atoms with E-state index in [1.54, 1.807) is 50.8 Å². The molecule has 4 aromatic rings. The molecule has 3 aromatic heterocycles. The molecule has 276 valence electrons. The number of pyridine rings is 2. The number of nitrogens with two attached hydrogens (primary N) is 1. The zero-order chi connectivity index (χ0) is 37.9. The van der Waals surface area contributed by atoms with E-state index in [2.05, 4.69) is 15.1 Å². The number of fused-ring (bicyclic) bond motifs is 2. The molecular weight excluding hydrogens is 710 g/mol. The van der Waals surface area contributed by atoms with Crippen molar-refractivity contribution in [2.45, 2.75) is 83.5 Å². The van der Waals surface area contributed by atoms with Gasteiger partial charge < -0.3 is 25.4 Å². The predicted molar refractivity (Wildman–Crippen MR) is 182 cm³/mol. The minimum Gasteiger partial charge on any atom is -0.460 e. The van der Waals surface area contributed by atoms with Gasteiger partial charge in [0.25, 0.3) is 5.91 Å². The molecule has 2 amide bonds. The first-order chi connectivity index (χ1) is 24.2. The number of rotatable bonds is 9. The lowest BCUT2D eigenvalue weighted by Crippen LogP contribution is -2.45. The van der Waals surface area contributed by atoms with Crippen molar-refractivity contribution < 1.29 is 41.8 Å². The van der Waals surface area contributed by atoms with Crippen LogP contribution in [0.1, 0.15) is 74.0 Å². The summed E-state index contributed by atoms with van der Waals surface area (Å²) in [5.74, 6) is -2.75. The Hall–Kier alpha value is -4.83. The zero-order valence-corrected chi connectivity index (χ0v) is 29.5. The first-order valence-corrected chi connectivity index (χ1v) is 16.8. The Kier molecular flexibility index (Phi) is 9.45. The van der Waals surface area contributed by atoms with Crippen molar-refractivity contribution in [3.8, 4) is 11.3 Å². The van der Waals surface area contributed by atoms with E-state index in [-0.39, 0.29) is 67.1 Å². The summed E-state index contributed by atoms with van der Waals surface area (Å²) in [7, 11) is 0. The van der Waals surface area contributed by atoms with Crippen LogP contribution in [-0.2, 0) is 33.6 Å². The van der Waals surface area contributed by atoms with Crippen LogP contribution in [-0.4, -0.2) is 77.9 Å². The number of carbonyl (C=O) groups is 3. The number of halogens is 5. The van der Waals surface area contributed by atoms with E-state index >= 15 is 4.39 Å². The van der Waals surface area contributed by atoms with Crippen LogP contribution >= 0.6 is 11.6 Å². The summed E-state index contributed by atoms with van der Waals surface area (Å²) >= 11 is 6.30. The Labute approximate surface area is 300 Å². The van der Waals surface area contributed by atoms with E-state index in [9.17, 15) is 32.7 Å². The highest BCUT2D eigenvalue weighted by Gasteiger charge is 2.38. The summed E-state index contributed by atoms with van der Waals surface area (Å²) in [6, 6.07) is 4.66. The van der Waals surface area contributed by atoms with E-state index in [0.29, 0.717) is 35.4 Å². The van der Waals surface area contributed by atoms with E-state index < -0.39 is 57.6 Å². The molecule has 1 aromatic carbocycles. The highest BCUT2D eigenvalue weighted by Crippen LogP contribution is 2.41. The number of hydrogen-bond donors (Lipinski definition) is 2. The maximum Gasteiger partial charge on any atom is 0.417 e. The molecule has 2 aliphatic heterocycles. The van der Waals surface area contributed by atoms with Gasteiger partial charge in [0.15, 0.2) is 17.3 Å². The van der Waals surface area contributed by atoms with Crippen molar-refractivity contribution in [3.63, 3.8) is 0 Å². The second-order valence-corrected chi connectivity index (χ2v) is 14.8. The van der Waals surface area contributed by atoms with E-state index in [0.717, 1.165) is 0 Å². The number of esters is 1. The van der Waals surface area contributed by atoms with Crippen molar-refractivity contribution in [1.29, 1.82) is 0 Å². The quantitative estimate of drug-likeness (QED) is 0.173. The van der Waals surface area contributed by atoms with E-state index in [1.807, 2.05) is 0 Å². The van der Waals surface area contributed by atoms with Gasteiger partial charge in [-0.05, 0) is 63.8 Å². The van der Waals surface area contributed by atoms with Crippen LogP contribution in [0.4, 0.5) is 23.4 Å². The number of alkyl halides is 3. The molecule has 5 heterocycles. The number of anilines is 1. The van der Waals surface area contributed by atoms with Crippen LogP contribution in [0.15, 0.2) is 36.7 Å². The minimum absolute atomic E-state index is 0.0206. The number of amides is 2. The van der Waals surface area contributed by atoms with Crippen molar-refractivity contribution in [1.82, 2.24) is 24.6 Å². The number of nitrogens with zero attached hydrogens (tertiary/aromatic N) is 6. The Morgan fingerprint density at radius 1 is 1.17 bits per heavy atom. The molecule has 0 spiro atoms. The fourth-order valence-electron chi connectivity index (χ4n) is 6.53. The van der Waals surface area contributed by atoms with Crippen LogP contribution in [0.3, 0.4) is 0 Å². The second kappa shape index (κ2) is 13.3. The monoisotopic (exact) mass is 745 g/mol. The minimum atomic E-state index is -4.73. The standard InChI is InChI=1S/C35H36ClF4N7O5/c1-33(2,3)52-25(48)8-7-24(29(41)49)46-16-19-11-18(5-6-21(19)32(46)50)15-47-30-22(14-43-47)26(28-23(36)12-20(13-42-28)35(38,39)40)27(37)31(44-30)45-10-9-34(4,51)17-45/h5-6,11-14,24,51H,7-10,15-17H2,1-4H3,(H2,41,49)/t24-,34-/m0/s1. The average molecular weight is 746 g/mol. The van der Waals surface area contributed by atoms with Crippen molar-refractivity contribution in [3.05, 3.63) is 69.8 Å². The number of primary amides is 1. The number of benzene rings is 1. The van der Waals surface area contributed by atoms with Gasteiger partial charge in [-0.15, -0.1) is 0 Å². The summed E-state index contributed by atoms with van der Waals surface area (Å²) in [6.07, 6.45) is -2.65. The molecule has 1 saturated heterocycles. The van der Waals surface area contributed by atoms with Gasteiger partial charge in [-0.1, -0.05) is 23.7 Å². The average Bonchev–Trinajstić information content (AvgIpc) is 3.70.